The van der Waals surface area contributed by atoms with Crippen LogP contribution in [0.4, 0.5) is 0 Å². The fraction of sp³-hybridized carbons (Fsp3) is 0.923. The molecule has 1 aliphatic heterocycles. The lowest BCUT2D eigenvalue weighted by atomic mass is 10.1. The molecule has 2 aliphatic rings. The zero-order valence-electron chi connectivity index (χ0n) is 11.6. The van der Waals surface area contributed by atoms with Crippen LogP contribution in [0.2, 0.25) is 0 Å². The van der Waals surface area contributed by atoms with Gasteiger partial charge in [-0.15, -0.1) is 0 Å². The fourth-order valence-electron chi connectivity index (χ4n) is 2.65. The molecule has 1 saturated heterocycles. The van der Waals surface area contributed by atoms with Crippen LogP contribution in [0.25, 0.3) is 0 Å². The van der Waals surface area contributed by atoms with Crippen LogP contribution in [0.15, 0.2) is 4.99 Å². The normalized spacial score (nSPS) is 26.2. The average molecular weight is 270 g/mol. The summed E-state index contributed by atoms with van der Waals surface area (Å²) in [4.78, 5) is 7.12. The molecule has 0 aromatic carbocycles. The van der Waals surface area contributed by atoms with Crippen LogP contribution in [0.3, 0.4) is 0 Å². The molecule has 0 unspecified atom stereocenters. The first kappa shape index (κ1) is 14.0. The third-order valence-electron chi connectivity index (χ3n) is 3.90. The SMILES string of the molecule is CC1(C)CCN(C(=NC2CCCC2)NN)CCS1. The minimum Gasteiger partial charge on any atom is -0.341 e. The summed E-state index contributed by atoms with van der Waals surface area (Å²) >= 11 is 2.05. The summed E-state index contributed by atoms with van der Waals surface area (Å²) in [6.07, 6.45) is 6.26. The van der Waals surface area contributed by atoms with Gasteiger partial charge in [-0.1, -0.05) is 26.7 Å². The molecule has 0 amide bonds. The third-order valence-corrected chi connectivity index (χ3v) is 5.27. The van der Waals surface area contributed by atoms with Crippen LogP contribution in [0.5, 0.6) is 0 Å². The molecular formula is C13H26N4S. The molecule has 0 bridgehead atoms. The number of thioether (sulfide) groups is 1. The Hall–Kier alpha value is -0.420. The summed E-state index contributed by atoms with van der Waals surface area (Å²) in [5.41, 5.74) is 2.82. The molecule has 5 heteroatoms. The summed E-state index contributed by atoms with van der Waals surface area (Å²) in [5.74, 6) is 7.73. The van der Waals surface area contributed by atoms with Crippen molar-refractivity contribution in [1.29, 1.82) is 0 Å². The molecule has 3 N–H and O–H groups in total. The Labute approximate surface area is 115 Å². The molecule has 0 aromatic rings. The highest BCUT2D eigenvalue weighted by Crippen LogP contribution is 2.30. The van der Waals surface area contributed by atoms with E-state index in [1.165, 1.54) is 32.1 Å². The zero-order valence-corrected chi connectivity index (χ0v) is 12.4. The number of rotatable bonds is 1. The van der Waals surface area contributed by atoms with Gasteiger partial charge in [0.05, 0.1) is 6.04 Å². The molecule has 0 aromatic heterocycles. The average Bonchev–Trinajstić information content (AvgIpc) is 2.77. The minimum absolute atomic E-state index is 0.377. The molecule has 4 nitrogen and oxygen atoms in total. The number of hydrogen-bond donors (Lipinski definition) is 2. The van der Waals surface area contributed by atoms with Gasteiger partial charge in [0.15, 0.2) is 0 Å². The molecule has 18 heavy (non-hydrogen) atoms. The van der Waals surface area contributed by atoms with Gasteiger partial charge in [0.2, 0.25) is 5.96 Å². The molecule has 2 rings (SSSR count). The van der Waals surface area contributed by atoms with E-state index in [1.54, 1.807) is 0 Å². The van der Waals surface area contributed by atoms with Crippen LogP contribution in [-0.4, -0.2) is 40.5 Å². The topological polar surface area (TPSA) is 53.6 Å². The quantitative estimate of drug-likeness (QED) is 0.331. The van der Waals surface area contributed by atoms with Crippen molar-refractivity contribution >= 4 is 17.7 Å². The van der Waals surface area contributed by atoms with Crippen LogP contribution in [0, 0.1) is 0 Å². The second kappa shape index (κ2) is 6.15. The van der Waals surface area contributed by atoms with E-state index in [9.17, 15) is 0 Å². The standard InChI is InChI=1S/C13H26N4S/c1-13(2)7-8-17(9-10-18-13)12(16-14)15-11-5-3-4-6-11/h11H,3-10,14H2,1-2H3,(H,15,16). The summed E-state index contributed by atoms with van der Waals surface area (Å²) in [6, 6.07) is 0.486. The van der Waals surface area contributed by atoms with Crippen molar-refractivity contribution in [1.82, 2.24) is 10.3 Å². The molecule has 0 radical (unpaired) electrons. The van der Waals surface area contributed by atoms with E-state index in [2.05, 4.69) is 35.9 Å². The lowest BCUT2D eigenvalue weighted by molar-refractivity contribution is 0.405. The monoisotopic (exact) mass is 270 g/mol. The number of nitrogens with one attached hydrogen (secondary N) is 1. The molecular weight excluding hydrogens is 244 g/mol. The number of nitrogens with zero attached hydrogens (tertiary/aromatic N) is 2. The maximum absolute atomic E-state index is 5.67. The first-order valence-electron chi connectivity index (χ1n) is 7.04. The van der Waals surface area contributed by atoms with Crippen molar-refractivity contribution in [3.05, 3.63) is 0 Å². The van der Waals surface area contributed by atoms with Gasteiger partial charge in [0.1, 0.15) is 0 Å². The predicted octanol–water partition coefficient (Wildman–Crippen LogP) is 1.97. The number of hydrazine groups is 1. The maximum Gasteiger partial charge on any atom is 0.208 e. The fourth-order valence-corrected chi connectivity index (χ4v) is 3.75. The second-order valence-corrected chi connectivity index (χ2v) is 7.68. The van der Waals surface area contributed by atoms with E-state index in [-0.39, 0.29) is 0 Å². The Morgan fingerprint density at radius 1 is 1.33 bits per heavy atom. The Balaban J connectivity index is 1.98. The molecule has 1 saturated carbocycles. The third kappa shape index (κ3) is 3.79. The molecule has 0 atom stereocenters. The minimum atomic E-state index is 0.377. The summed E-state index contributed by atoms with van der Waals surface area (Å²) in [5, 5.41) is 0. The van der Waals surface area contributed by atoms with Gasteiger partial charge in [-0.25, -0.2) is 10.8 Å². The van der Waals surface area contributed by atoms with Crippen molar-refractivity contribution in [3.8, 4) is 0 Å². The van der Waals surface area contributed by atoms with Crippen molar-refractivity contribution < 1.29 is 0 Å². The summed E-state index contributed by atoms with van der Waals surface area (Å²) < 4.78 is 0.377. The van der Waals surface area contributed by atoms with Crippen molar-refractivity contribution in [2.75, 3.05) is 18.8 Å². The molecule has 104 valence electrons. The second-order valence-electron chi connectivity index (χ2n) is 5.88. The van der Waals surface area contributed by atoms with Crippen LogP contribution in [-0.2, 0) is 0 Å². The summed E-state index contributed by atoms with van der Waals surface area (Å²) in [6.45, 7) is 6.75. The molecule has 1 heterocycles. The largest absolute Gasteiger partial charge is 0.341 e. The van der Waals surface area contributed by atoms with Crippen LogP contribution < -0.4 is 11.3 Å². The van der Waals surface area contributed by atoms with Gasteiger partial charge < -0.3 is 4.90 Å². The van der Waals surface area contributed by atoms with Crippen molar-refractivity contribution in [3.63, 3.8) is 0 Å². The van der Waals surface area contributed by atoms with E-state index in [1.807, 2.05) is 0 Å². The van der Waals surface area contributed by atoms with Gasteiger partial charge in [-0.3, -0.25) is 5.43 Å². The smallest absolute Gasteiger partial charge is 0.208 e. The van der Waals surface area contributed by atoms with E-state index in [0.29, 0.717) is 10.8 Å². The first-order valence-corrected chi connectivity index (χ1v) is 8.02. The highest BCUT2D eigenvalue weighted by atomic mass is 32.2. The van der Waals surface area contributed by atoms with E-state index < -0.39 is 0 Å². The van der Waals surface area contributed by atoms with Gasteiger partial charge in [0, 0.05) is 23.6 Å². The maximum atomic E-state index is 5.67. The van der Waals surface area contributed by atoms with Crippen molar-refractivity contribution in [2.24, 2.45) is 10.8 Å². The Bertz CT molecular complexity index is 297. The Kier molecular flexibility index (Phi) is 4.78. The number of hydrogen-bond acceptors (Lipinski definition) is 3. The highest BCUT2D eigenvalue weighted by Gasteiger charge is 2.25. The lowest BCUT2D eigenvalue weighted by Crippen LogP contribution is -2.46. The number of guanidine groups is 1. The van der Waals surface area contributed by atoms with Gasteiger partial charge in [-0.05, 0) is 19.3 Å². The lowest BCUT2D eigenvalue weighted by Gasteiger charge is -2.25. The predicted molar refractivity (Wildman–Crippen MR) is 79.7 cm³/mol. The summed E-state index contributed by atoms with van der Waals surface area (Å²) in [7, 11) is 0. The van der Waals surface area contributed by atoms with Gasteiger partial charge in [-0.2, -0.15) is 11.8 Å². The van der Waals surface area contributed by atoms with Crippen molar-refractivity contribution in [2.45, 2.75) is 56.7 Å². The van der Waals surface area contributed by atoms with E-state index in [0.717, 1.165) is 24.8 Å². The molecule has 0 spiro atoms. The van der Waals surface area contributed by atoms with E-state index in [4.69, 9.17) is 10.8 Å². The van der Waals surface area contributed by atoms with Crippen LogP contribution >= 0.6 is 11.8 Å². The first-order chi connectivity index (χ1) is 8.61. The zero-order chi connectivity index (χ0) is 13.0. The molecule has 2 fully saturated rings. The Morgan fingerprint density at radius 3 is 2.72 bits per heavy atom. The van der Waals surface area contributed by atoms with Gasteiger partial charge in [0.25, 0.3) is 0 Å². The Morgan fingerprint density at radius 2 is 2.06 bits per heavy atom. The molecule has 1 aliphatic carbocycles. The van der Waals surface area contributed by atoms with Gasteiger partial charge >= 0.3 is 0 Å². The number of aliphatic imine (C=N–C) groups is 1. The van der Waals surface area contributed by atoms with E-state index >= 15 is 0 Å². The van der Waals surface area contributed by atoms with Crippen LogP contribution in [0.1, 0.15) is 46.0 Å². The highest BCUT2D eigenvalue weighted by molar-refractivity contribution is 8.00. The number of nitrogens with two attached hydrogens (primary N) is 1.